The van der Waals surface area contributed by atoms with Crippen LogP contribution in [-0.4, -0.2) is 26.0 Å². The number of nitrogens with one attached hydrogen (secondary N) is 1. The van der Waals surface area contributed by atoms with Crippen molar-refractivity contribution in [3.63, 3.8) is 0 Å². The number of carbonyl (C=O) groups excluding carboxylic acids is 1. The Hall–Kier alpha value is -3.11. The Kier molecular flexibility index (Phi) is 5.86. The maximum atomic E-state index is 13.2. The van der Waals surface area contributed by atoms with Gasteiger partial charge in [-0.1, -0.05) is 48.5 Å². The normalized spacial score (nSPS) is 13.1. The van der Waals surface area contributed by atoms with E-state index in [4.69, 9.17) is 0 Å². The SMILES string of the molecule is Cc1ccc2c(c1C)N(CCCNCc1ccccc1)c1ccccc1N(C)C2=O. The predicted octanol–water partition coefficient (Wildman–Crippen LogP) is 5.21. The number of aryl methyl sites for hydroxylation is 1. The van der Waals surface area contributed by atoms with Crippen LogP contribution in [0.3, 0.4) is 0 Å². The Morgan fingerprint density at radius 3 is 2.33 bits per heavy atom. The molecule has 154 valence electrons. The van der Waals surface area contributed by atoms with Crippen molar-refractivity contribution in [2.45, 2.75) is 26.8 Å². The van der Waals surface area contributed by atoms with Gasteiger partial charge < -0.3 is 15.1 Å². The first kappa shape index (κ1) is 20.2. The van der Waals surface area contributed by atoms with E-state index in [0.717, 1.165) is 48.7 Å². The zero-order chi connectivity index (χ0) is 21.1. The number of anilines is 3. The lowest BCUT2D eigenvalue weighted by Gasteiger charge is -2.28. The van der Waals surface area contributed by atoms with Crippen LogP contribution < -0.4 is 15.1 Å². The van der Waals surface area contributed by atoms with Crippen LogP contribution in [-0.2, 0) is 6.54 Å². The molecule has 0 aliphatic carbocycles. The lowest BCUT2D eigenvalue weighted by atomic mass is 10.0. The highest BCUT2D eigenvalue weighted by atomic mass is 16.2. The molecule has 1 aliphatic heterocycles. The number of hydrogen-bond donors (Lipinski definition) is 1. The van der Waals surface area contributed by atoms with Crippen molar-refractivity contribution in [1.29, 1.82) is 0 Å². The van der Waals surface area contributed by atoms with Crippen molar-refractivity contribution in [2.75, 3.05) is 29.9 Å². The van der Waals surface area contributed by atoms with E-state index in [2.05, 4.69) is 60.5 Å². The van der Waals surface area contributed by atoms with Crippen LogP contribution in [0.15, 0.2) is 66.7 Å². The van der Waals surface area contributed by atoms with Gasteiger partial charge in [-0.2, -0.15) is 0 Å². The summed E-state index contributed by atoms with van der Waals surface area (Å²) in [6.07, 6.45) is 0.978. The molecule has 0 saturated carbocycles. The van der Waals surface area contributed by atoms with Gasteiger partial charge >= 0.3 is 0 Å². The summed E-state index contributed by atoms with van der Waals surface area (Å²) in [5.41, 5.74) is 7.52. The molecule has 3 aromatic carbocycles. The van der Waals surface area contributed by atoms with Gasteiger partial charge in [0.25, 0.3) is 5.91 Å². The second-order valence-electron chi connectivity index (χ2n) is 7.92. The molecular formula is C26H29N3O. The van der Waals surface area contributed by atoms with Crippen LogP contribution >= 0.6 is 0 Å². The zero-order valence-electron chi connectivity index (χ0n) is 18.0. The van der Waals surface area contributed by atoms with E-state index in [1.165, 1.54) is 16.7 Å². The van der Waals surface area contributed by atoms with Crippen LogP contribution in [0.5, 0.6) is 0 Å². The van der Waals surface area contributed by atoms with Crippen molar-refractivity contribution >= 4 is 23.0 Å². The topological polar surface area (TPSA) is 35.6 Å². The van der Waals surface area contributed by atoms with Gasteiger partial charge in [0.05, 0.1) is 22.6 Å². The number of rotatable bonds is 6. The second kappa shape index (κ2) is 8.72. The van der Waals surface area contributed by atoms with Gasteiger partial charge in [0.15, 0.2) is 0 Å². The third-order valence-electron chi connectivity index (χ3n) is 5.95. The van der Waals surface area contributed by atoms with Gasteiger partial charge in [-0.05, 0) is 61.7 Å². The minimum absolute atomic E-state index is 0.0465. The first-order chi connectivity index (χ1) is 14.6. The number of carbonyl (C=O) groups is 1. The van der Waals surface area contributed by atoms with E-state index in [0.29, 0.717) is 0 Å². The third kappa shape index (κ3) is 3.83. The average Bonchev–Trinajstić information content (AvgIpc) is 2.86. The number of hydrogen-bond acceptors (Lipinski definition) is 3. The summed E-state index contributed by atoms with van der Waals surface area (Å²) < 4.78 is 0. The molecule has 0 bridgehead atoms. The first-order valence-corrected chi connectivity index (χ1v) is 10.6. The number of nitrogens with zero attached hydrogens (tertiary/aromatic N) is 2. The summed E-state index contributed by atoms with van der Waals surface area (Å²) in [5, 5.41) is 3.54. The second-order valence-corrected chi connectivity index (χ2v) is 7.92. The Labute approximate surface area is 179 Å². The lowest BCUT2D eigenvalue weighted by molar-refractivity contribution is 0.0994. The summed E-state index contributed by atoms with van der Waals surface area (Å²) in [4.78, 5) is 17.3. The molecule has 1 heterocycles. The molecule has 4 nitrogen and oxygen atoms in total. The van der Waals surface area contributed by atoms with Crippen LogP contribution in [0.4, 0.5) is 17.1 Å². The molecule has 0 saturated heterocycles. The highest BCUT2D eigenvalue weighted by Crippen LogP contribution is 2.42. The van der Waals surface area contributed by atoms with E-state index < -0.39 is 0 Å². The van der Waals surface area contributed by atoms with Crippen molar-refractivity contribution in [3.05, 3.63) is 89.0 Å². The van der Waals surface area contributed by atoms with Gasteiger partial charge in [-0.25, -0.2) is 0 Å². The lowest BCUT2D eigenvalue weighted by Crippen LogP contribution is -2.25. The van der Waals surface area contributed by atoms with Crippen LogP contribution in [0.2, 0.25) is 0 Å². The highest BCUT2D eigenvalue weighted by molar-refractivity contribution is 6.14. The summed E-state index contributed by atoms with van der Waals surface area (Å²) in [6.45, 7) is 6.86. The van der Waals surface area contributed by atoms with Crippen molar-refractivity contribution < 1.29 is 4.79 Å². The molecule has 0 unspecified atom stereocenters. The largest absolute Gasteiger partial charge is 0.339 e. The van der Waals surface area contributed by atoms with Crippen molar-refractivity contribution in [3.8, 4) is 0 Å². The monoisotopic (exact) mass is 399 g/mol. The standard InChI is InChI=1S/C26H29N3O/c1-19-14-15-22-25(20(19)2)29(17-9-16-27-18-21-10-5-4-6-11-21)24-13-8-7-12-23(24)28(3)26(22)30/h4-8,10-15,27H,9,16-18H2,1-3H3. The molecule has 0 aromatic heterocycles. The Balaban J connectivity index is 1.60. The fraction of sp³-hybridized carbons (Fsp3) is 0.269. The Morgan fingerprint density at radius 2 is 1.57 bits per heavy atom. The quantitative estimate of drug-likeness (QED) is 0.578. The summed E-state index contributed by atoms with van der Waals surface area (Å²) >= 11 is 0. The summed E-state index contributed by atoms with van der Waals surface area (Å²) in [6, 6.07) is 22.7. The first-order valence-electron chi connectivity index (χ1n) is 10.6. The molecule has 0 fully saturated rings. The minimum Gasteiger partial charge on any atom is -0.339 e. The van der Waals surface area contributed by atoms with Crippen LogP contribution in [0.25, 0.3) is 0 Å². The molecule has 30 heavy (non-hydrogen) atoms. The fourth-order valence-corrected chi connectivity index (χ4v) is 4.13. The number of para-hydroxylation sites is 2. The van der Waals surface area contributed by atoms with Gasteiger partial charge in [-0.15, -0.1) is 0 Å². The van der Waals surface area contributed by atoms with Gasteiger partial charge in [0.1, 0.15) is 0 Å². The molecule has 1 N–H and O–H groups in total. The van der Waals surface area contributed by atoms with E-state index in [1.807, 2.05) is 37.4 Å². The maximum absolute atomic E-state index is 13.2. The third-order valence-corrected chi connectivity index (χ3v) is 5.95. The molecule has 1 amide bonds. The van der Waals surface area contributed by atoms with Crippen LogP contribution in [0.1, 0.15) is 33.5 Å². The zero-order valence-corrected chi connectivity index (χ0v) is 18.0. The molecule has 4 heteroatoms. The molecule has 0 radical (unpaired) electrons. The van der Waals surface area contributed by atoms with Crippen molar-refractivity contribution in [2.24, 2.45) is 0 Å². The summed E-state index contributed by atoms with van der Waals surface area (Å²) in [5.74, 6) is 0.0465. The molecular weight excluding hydrogens is 370 g/mol. The molecule has 3 aromatic rings. The smallest absolute Gasteiger partial charge is 0.260 e. The fourth-order valence-electron chi connectivity index (χ4n) is 4.13. The molecule has 1 aliphatic rings. The molecule has 4 rings (SSSR count). The van der Waals surface area contributed by atoms with Gasteiger partial charge in [0, 0.05) is 20.1 Å². The maximum Gasteiger partial charge on any atom is 0.260 e. The molecule has 0 spiro atoms. The molecule has 0 atom stereocenters. The van der Waals surface area contributed by atoms with Gasteiger partial charge in [0.2, 0.25) is 0 Å². The Bertz CT molecular complexity index is 1050. The van der Waals surface area contributed by atoms with E-state index in [1.54, 1.807) is 4.90 Å². The van der Waals surface area contributed by atoms with E-state index in [-0.39, 0.29) is 5.91 Å². The van der Waals surface area contributed by atoms with E-state index >= 15 is 0 Å². The number of fused-ring (bicyclic) bond motifs is 2. The van der Waals surface area contributed by atoms with Crippen LogP contribution in [0, 0.1) is 13.8 Å². The minimum atomic E-state index is 0.0465. The Morgan fingerprint density at radius 1 is 0.867 bits per heavy atom. The highest BCUT2D eigenvalue weighted by Gasteiger charge is 2.30. The number of benzene rings is 3. The van der Waals surface area contributed by atoms with E-state index in [9.17, 15) is 4.79 Å². The average molecular weight is 400 g/mol. The van der Waals surface area contributed by atoms with Crippen molar-refractivity contribution in [1.82, 2.24) is 5.32 Å². The number of amides is 1. The van der Waals surface area contributed by atoms with Gasteiger partial charge in [-0.3, -0.25) is 4.79 Å². The predicted molar refractivity (Wildman–Crippen MR) is 125 cm³/mol. The summed E-state index contributed by atoms with van der Waals surface area (Å²) in [7, 11) is 1.87.